The zero-order valence-corrected chi connectivity index (χ0v) is 15.7. The number of benzene rings is 1. The monoisotopic (exact) mass is 370 g/mol. The Balaban J connectivity index is 2.62. The Labute approximate surface area is 148 Å². The van der Waals surface area contributed by atoms with Crippen LogP contribution in [-0.4, -0.2) is 10.5 Å². The second kappa shape index (κ2) is 6.78. The highest BCUT2D eigenvalue weighted by molar-refractivity contribution is 7.09. The van der Waals surface area contributed by atoms with E-state index >= 15 is 0 Å². The molecule has 0 aliphatic heterocycles. The van der Waals surface area contributed by atoms with E-state index in [1.54, 1.807) is 0 Å². The Bertz CT molecular complexity index is 854. The molecule has 0 atom stereocenters. The molecule has 0 unspecified atom stereocenters. The van der Waals surface area contributed by atoms with Crippen LogP contribution in [0, 0.1) is 6.92 Å². The molecular weight excluding hydrogens is 349 g/mol. The Morgan fingerprint density at radius 2 is 1.80 bits per heavy atom. The number of carbonyl (C=O) groups is 1. The molecular formula is C18H21F3N2OS. The molecule has 7 heteroatoms. The standard InChI is InChI=1S/C18H21F3N2OS/c1-6-23-11(2)14(17(3,4)5)25-16(23)22-15(24)12-9-7-8-10-13(12)18(19,20)21/h7-10H,6H2,1-5H3/b22-16-. The molecule has 3 nitrogen and oxygen atoms in total. The third kappa shape index (κ3) is 4.03. The van der Waals surface area contributed by atoms with Crippen molar-refractivity contribution in [3.63, 3.8) is 0 Å². The van der Waals surface area contributed by atoms with Crippen LogP contribution >= 0.6 is 11.3 Å². The van der Waals surface area contributed by atoms with E-state index in [1.165, 1.54) is 23.5 Å². The predicted octanol–water partition coefficient (Wildman–Crippen LogP) is 4.94. The van der Waals surface area contributed by atoms with Gasteiger partial charge in [0.2, 0.25) is 0 Å². The number of halogens is 3. The van der Waals surface area contributed by atoms with Crippen molar-refractivity contribution in [2.75, 3.05) is 0 Å². The number of rotatable bonds is 2. The van der Waals surface area contributed by atoms with Gasteiger partial charge in [0.25, 0.3) is 5.91 Å². The summed E-state index contributed by atoms with van der Waals surface area (Å²) < 4.78 is 41.2. The summed E-state index contributed by atoms with van der Waals surface area (Å²) in [5.41, 5.74) is -0.542. The van der Waals surface area contributed by atoms with Gasteiger partial charge in [-0.25, -0.2) is 0 Å². The van der Waals surface area contributed by atoms with E-state index in [0.717, 1.165) is 22.7 Å². The number of nitrogens with zero attached hydrogens (tertiary/aromatic N) is 2. The highest BCUT2D eigenvalue weighted by atomic mass is 32.1. The van der Waals surface area contributed by atoms with Crippen molar-refractivity contribution in [1.82, 2.24) is 4.57 Å². The average molecular weight is 370 g/mol. The second-order valence-corrected chi connectivity index (χ2v) is 7.73. The van der Waals surface area contributed by atoms with Gasteiger partial charge < -0.3 is 4.57 Å². The number of thiazole rings is 1. The third-order valence-corrected chi connectivity index (χ3v) is 5.42. The van der Waals surface area contributed by atoms with Crippen LogP contribution in [0.25, 0.3) is 0 Å². The van der Waals surface area contributed by atoms with Gasteiger partial charge in [0.05, 0.1) is 11.1 Å². The van der Waals surface area contributed by atoms with Gasteiger partial charge in [-0.15, -0.1) is 11.3 Å². The molecule has 0 radical (unpaired) electrons. The number of carbonyl (C=O) groups excluding carboxylic acids is 1. The van der Waals surface area contributed by atoms with E-state index in [0.29, 0.717) is 11.3 Å². The summed E-state index contributed by atoms with van der Waals surface area (Å²) in [6, 6.07) is 4.73. The fraction of sp³-hybridized carbons (Fsp3) is 0.444. The molecule has 2 aromatic rings. The highest BCUT2D eigenvalue weighted by Gasteiger charge is 2.34. The van der Waals surface area contributed by atoms with Crippen molar-refractivity contribution < 1.29 is 18.0 Å². The number of hydrogen-bond acceptors (Lipinski definition) is 2. The van der Waals surface area contributed by atoms with Crippen molar-refractivity contribution in [3.05, 3.63) is 50.8 Å². The minimum atomic E-state index is -4.59. The molecule has 0 saturated heterocycles. The van der Waals surface area contributed by atoms with Crippen LogP contribution in [-0.2, 0) is 18.1 Å². The number of aromatic nitrogens is 1. The van der Waals surface area contributed by atoms with Gasteiger partial charge >= 0.3 is 6.18 Å². The SMILES string of the molecule is CCn1c(C)c(C(C)(C)C)s/c1=N\C(=O)c1ccccc1C(F)(F)F. The molecule has 1 aromatic heterocycles. The lowest BCUT2D eigenvalue weighted by Crippen LogP contribution is -2.19. The van der Waals surface area contributed by atoms with Crippen molar-refractivity contribution in [2.24, 2.45) is 4.99 Å². The van der Waals surface area contributed by atoms with Crippen LogP contribution in [0.3, 0.4) is 0 Å². The Kier molecular flexibility index (Phi) is 5.27. The number of amides is 1. The number of alkyl halides is 3. The molecule has 2 rings (SSSR count). The lowest BCUT2D eigenvalue weighted by Gasteiger charge is -2.17. The molecule has 0 saturated carbocycles. The summed E-state index contributed by atoms with van der Waals surface area (Å²) >= 11 is 1.35. The van der Waals surface area contributed by atoms with E-state index in [4.69, 9.17) is 0 Å². The van der Waals surface area contributed by atoms with Crippen molar-refractivity contribution >= 4 is 17.2 Å². The maximum absolute atomic E-state index is 13.1. The highest BCUT2D eigenvalue weighted by Crippen LogP contribution is 2.32. The summed E-state index contributed by atoms with van der Waals surface area (Å²) in [6.45, 7) is 10.6. The topological polar surface area (TPSA) is 34.4 Å². The molecule has 25 heavy (non-hydrogen) atoms. The average Bonchev–Trinajstić information content (AvgIpc) is 2.82. The van der Waals surface area contributed by atoms with E-state index in [1.807, 2.05) is 18.4 Å². The van der Waals surface area contributed by atoms with E-state index in [-0.39, 0.29) is 5.41 Å². The molecule has 0 N–H and O–H groups in total. The lowest BCUT2D eigenvalue weighted by molar-refractivity contribution is -0.137. The molecule has 136 valence electrons. The quantitative estimate of drug-likeness (QED) is 0.738. The molecule has 0 bridgehead atoms. The largest absolute Gasteiger partial charge is 0.417 e. The summed E-state index contributed by atoms with van der Waals surface area (Å²) in [5.74, 6) is -0.878. The van der Waals surface area contributed by atoms with Gasteiger partial charge in [0, 0.05) is 17.1 Å². The first-order chi connectivity index (χ1) is 11.5. The summed E-state index contributed by atoms with van der Waals surface area (Å²) in [4.78, 5) is 17.9. The fourth-order valence-electron chi connectivity index (χ4n) is 2.70. The van der Waals surface area contributed by atoms with Crippen LogP contribution in [0.5, 0.6) is 0 Å². The minimum Gasteiger partial charge on any atom is -0.321 e. The van der Waals surface area contributed by atoms with Crippen LogP contribution in [0.1, 0.15) is 54.2 Å². The van der Waals surface area contributed by atoms with Crippen molar-refractivity contribution in [2.45, 2.75) is 52.8 Å². The summed E-state index contributed by atoms with van der Waals surface area (Å²) in [7, 11) is 0. The maximum Gasteiger partial charge on any atom is 0.417 e. The molecule has 0 aliphatic rings. The Morgan fingerprint density at radius 1 is 1.20 bits per heavy atom. The zero-order valence-electron chi connectivity index (χ0n) is 14.9. The summed E-state index contributed by atoms with van der Waals surface area (Å²) in [5, 5.41) is 0. The van der Waals surface area contributed by atoms with E-state index in [9.17, 15) is 18.0 Å². The smallest absolute Gasteiger partial charge is 0.321 e. The molecule has 1 amide bonds. The van der Waals surface area contributed by atoms with Crippen LogP contribution in [0.4, 0.5) is 13.2 Å². The van der Waals surface area contributed by atoms with Gasteiger partial charge in [0.1, 0.15) is 0 Å². The predicted molar refractivity (Wildman–Crippen MR) is 92.8 cm³/mol. The molecule has 1 heterocycles. The second-order valence-electron chi connectivity index (χ2n) is 6.75. The van der Waals surface area contributed by atoms with Crippen molar-refractivity contribution in [3.8, 4) is 0 Å². The van der Waals surface area contributed by atoms with Crippen LogP contribution < -0.4 is 4.80 Å². The van der Waals surface area contributed by atoms with Gasteiger partial charge in [-0.2, -0.15) is 18.2 Å². The van der Waals surface area contributed by atoms with Crippen LogP contribution in [0.2, 0.25) is 0 Å². The third-order valence-electron chi connectivity index (χ3n) is 3.82. The molecule has 0 fully saturated rings. The van der Waals surface area contributed by atoms with Gasteiger partial charge in [0.15, 0.2) is 4.80 Å². The molecule has 1 aromatic carbocycles. The first kappa shape index (κ1) is 19.4. The van der Waals surface area contributed by atoms with Gasteiger partial charge in [-0.1, -0.05) is 32.9 Å². The van der Waals surface area contributed by atoms with E-state index < -0.39 is 23.2 Å². The number of hydrogen-bond donors (Lipinski definition) is 0. The molecule has 0 spiro atoms. The Hall–Kier alpha value is -1.89. The van der Waals surface area contributed by atoms with E-state index in [2.05, 4.69) is 25.8 Å². The van der Waals surface area contributed by atoms with Gasteiger partial charge in [-0.3, -0.25) is 4.79 Å². The normalized spacial score (nSPS) is 13.4. The lowest BCUT2D eigenvalue weighted by atomic mass is 9.93. The molecule has 0 aliphatic carbocycles. The zero-order chi connectivity index (χ0) is 19.0. The minimum absolute atomic E-state index is 0.133. The first-order valence-electron chi connectivity index (χ1n) is 7.92. The fourth-order valence-corrected chi connectivity index (χ4v) is 3.95. The van der Waals surface area contributed by atoms with Crippen molar-refractivity contribution in [1.29, 1.82) is 0 Å². The Morgan fingerprint density at radius 3 is 2.32 bits per heavy atom. The van der Waals surface area contributed by atoms with Crippen LogP contribution in [0.15, 0.2) is 29.3 Å². The summed E-state index contributed by atoms with van der Waals surface area (Å²) in [6.07, 6.45) is -4.59. The van der Waals surface area contributed by atoms with Gasteiger partial charge in [-0.05, 0) is 31.4 Å². The maximum atomic E-state index is 13.1. The first-order valence-corrected chi connectivity index (χ1v) is 8.74.